The van der Waals surface area contributed by atoms with Crippen molar-refractivity contribution in [2.45, 2.75) is 32.7 Å². The molecule has 0 aliphatic carbocycles. The predicted octanol–water partition coefficient (Wildman–Crippen LogP) is 3.01. The summed E-state index contributed by atoms with van der Waals surface area (Å²) in [4.78, 5) is 14.1. The van der Waals surface area contributed by atoms with Crippen LogP contribution in [-0.2, 0) is 13.0 Å². The quantitative estimate of drug-likeness (QED) is 0.927. The molecule has 1 aromatic carbocycles. The molecule has 0 unspecified atom stereocenters. The van der Waals surface area contributed by atoms with E-state index >= 15 is 0 Å². The summed E-state index contributed by atoms with van der Waals surface area (Å²) < 4.78 is 26.3. The third kappa shape index (κ3) is 2.49. The normalized spacial score (nSPS) is 14.3. The number of H-pyrrole nitrogens is 1. The smallest absolute Gasteiger partial charge is 0.254 e. The Labute approximate surface area is 127 Å². The number of amides is 1. The second-order valence-electron chi connectivity index (χ2n) is 5.83. The monoisotopic (exact) mass is 305 g/mol. The zero-order chi connectivity index (χ0) is 15.9. The van der Waals surface area contributed by atoms with Crippen LogP contribution in [0.25, 0.3) is 0 Å². The van der Waals surface area contributed by atoms with Crippen LogP contribution in [0.1, 0.15) is 47.1 Å². The molecular weight excluding hydrogens is 288 g/mol. The van der Waals surface area contributed by atoms with E-state index in [4.69, 9.17) is 0 Å². The van der Waals surface area contributed by atoms with Gasteiger partial charge in [-0.1, -0.05) is 13.8 Å². The standard InChI is InChI=1S/C16H17F2N3O/c1-9(2)15-11-8-21(6-5-14(11)19-20-15)16(22)10-3-4-12(17)13(18)7-10/h3-4,7,9H,5-6,8H2,1-2H3,(H,19,20). The van der Waals surface area contributed by atoms with Gasteiger partial charge >= 0.3 is 0 Å². The van der Waals surface area contributed by atoms with Crippen molar-refractivity contribution in [3.63, 3.8) is 0 Å². The average molecular weight is 305 g/mol. The number of benzene rings is 1. The molecule has 1 aromatic heterocycles. The highest BCUT2D eigenvalue weighted by molar-refractivity contribution is 5.94. The highest BCUT2D eigenvalue weighted by Gasteiger charge is 2.27. The Morgan fingerprint density at radius 3 is 2.77 bits per heavy atom. The van der Waals surface area contributed by atoms with Gasteiger partial charge in [-0.3, -0.25) is 9.89 Å². The van der Waals surface area contributed by atoms with Crippen LogP contribution in [0.3, 0.4) is 0 Å². The van der Waals surface area contributed by atoms with Crippen molar-refractivity contribution in [2.24, 2.45) is 0 Å². The van der Waals surface area contributed by atoms with E-state index in [9.17, 15) is 13.6 Å². The Bertz CT molecular complexity index is 724. The minimum Gasteiger partial charge on any atom is -0.334 e. The molecule has 0 spiro atoms. The Morgan fingerprint density at radius 1 is 1.32 bits per heavy atom. The number of halogens is 2. The molecule has 0 radical (unpaired) electrons. The molecule has 4 nitrogen and oxygen atoms in total. The zero-order valence-electron chi connectivity index (χ0n) is 12.5. The molecule has 0 atom stereocenters. The van der Waals surface area contributed by atoms with Crippen molar-refractivity contribution >= 4 is 5.91 Å². The summed E-state index contributed by atoms with van der Waals surface area (Å²) in [6, 6.07) is 3.25. The summed E-state index contributed by atoms with van der Waals surface area (Å²) in [5.41, 5.74) is 3.21. The number of nitrogens with one attached hydrogen (secondary N) is 1. The Kier molecular flexibility index (Phi) is 3.68. The first kappa shape index (κ1) is 14.7. The molecule has 1 aliphatic rings. The van der Waals surface area contributed by atoms with Gasteiger partial charge in [0.15, 0.2) is 11.6 Å². The maximum Gasteiger partial charge on any atom is 0.254 e. The second-order valence-corrected chi connectivity index (χ2v) is 5.83. The zero-order valence-corrected chi connectivity index (χ0v) is 12.5. The van der Waals surface area contributed by atoms with Gasteiger partial charge in [-0.2, -0.15) is 5.10 Å². The van der Waals surface area contributed by atoms with Gasteiger partial charge < -0.3 is 4.90 Å². The lowest BCUT2D eigenvalue weighted by molar-refractivity contribution is 0.0733. The van der Waals surface area contributed by atoms with Crippen molar-refractivity contribution in [1.29, 1.82) is 0 Å². The summed E-state index contributed by atoms with van der Waals surface area (Å²) in [7, 11) is 0. The van der Waals surface area contributed by atoms with Gasteiger partial charge in [0.2, 0.25) is 0 Å². The molecule has 1 aliphatic heterocycles. The third-order valence-corrected chi connectivity index (χ3v) is 3.97. The number of hydrogen-bond acceptors (Lipinski definition) is 2. The van der Waals surface area contributed by atoms with E-state index in [2.05, 4.69) is 10.2 Å². The second kappa shape index (κ2) is 5.51. The van der Waals surface area contributed by atoms with Gasteiger partial charge in [0, 0.05) is 36.3 Å². The van der Waals surface area contributed by atoms with Crippen LogP contribution < -0.4 is 0 Å². The van der Waals surface area contributed by atoms with E-state index < -0.39 is 11.6 Å². The number of hydrogen-bond donors (Lipinski definition) is 1. The minimum absolute atomic E-state index is 0.164. The molecule has 0 saturated heterocycles. The number of carbonyl (C=O) groups excluding carboxylic acids is 1. The lowest BCUT2D eigenvalue weighted by atomic mass is 9.99. The maximum atomic E-state index is 13.3. The summed E-state index contributed by atoms with van der Waals surface area (Å²) in [6.07, 6.45) is 0.685. The highest BCUT2D eigenvalue weighted by atomic mass is 19.2. The van der Waals surface area contributed by atoms with E-state index in [0.717, 1.165) is 29.1 Å². The largest absolute Gasteiger partial charge is 0.334 e. The van der Waals surface area contributed by atoms with E-state index in [0.29, 0.717) is 19.5 Å². The lowest BCUT2D eigenvalue weighted by Gasteiger charge is -2.27. The molecule has 3 rings (SSSR count). The summed E-state index contributed by atoms with van der Waals surface area (Å²) in [5.74, 6) is -1.98. The van der Waals surface area contributed by atoms with E-state index in [1.165, 1.54) is 6.07 Å². The van der Waals surface area contributed by atoms with E-state index in [1.807, 2.05) is 13.8 Å². The maximum absolute atomic E-state index is 13.3. The SMILES string of the molecule is CC(C)c1n[nH]c2c1CN(C(=O)c1ccc(F)c(F)c1)CC2. The Hall–Kier alpha value is -2.24. The van der Waals surface area contributed by atoms with Crippen LogP contribution in [0.4, 0.5) is 8.78 Å². The molecule has 2 heterocycles. The molecule has 0 bridgehead atoms. The number of rotatable bonds is 2. The van der Waals surface area contributed by atoms with Crippen LogP contribution in [0.5, 0.6) is 0 Å². The molecule has 116 valence electrons. The average Bonchev–Trinajstić information content (AvgIpc) is 2.92. The number of aromatic amines is 1. The Balaban J connectivity index is 1.85. The fourth-order valence-electron chi connectivity index (χ4n) is 2.78. The van der Waals surface area contributed by atoms with Gasteiger partial charge in [-0.15, -0.1) is 0 Å². The first-order valence-electron chi connectivity index (χ1n) is 7.27. The van der Waals surface area contributed by atoms with E-state index in [-0.39, 0.29) is 17.4 Å². The van der Waals surface area contributed by atoms with Gasteiger partial charge in [0.1, 0.15) is 0 Å². The number of fused-ring (bicyclic) bond motifs is 1. The van der Waals surface area contributed by atoms with Gasteiger partial charge in [-0.05, 0) is 24.1 Å². The molecule has 2 aromatic rings. The summed E-state index contributed by atoms with van der Waals surface area (Å²) >= 11 is 0. The lowest BCUT2D eigenvalue weighted by Crippen LogP contribution is -2.36. The number of nitrogens with zero attached hydrogens (tertiary/aromatic N) is 2. The van der Waals surface area contributed by atoms with Gasteiger partial charge in [-0.25, -0.2) is 8.78 Å². The molecule has 0 saturated carbocycles. The van der Waals surface area contributed by atoms with Crippen LogP contribution in [-0.4, -0.2) is 27.5 Å². The highest BCUT2D eigenvalue weighted by Crippen LogP contribution is 2.26. The fraction of sp³-hybridized carbons (Fsp3) is 0.375. The number of carbonyl (C=O) groups is 1. The van der Waals surface area contributed by atoms with Gasteiger partial charge in [0.25, 0.3) is 5.91 Å². The topological polar surface area (TPSA) is 49.0 Å². The molecule has 1 N–H and O–H groups in total. The summed E-state index contributed by atoms with van der Waals surface area (Å²) in [5, 5.41) is 7.34. The van der Waals surface area contributed by atoms with Crippen LogP contribution in [0.2, 0.25) is 0 Å². The third-order valence-electron chi connectivity index (χ3n) is 3.97. The Morgan fingerprint density at radius 2 is 2.09 bits per heavy atom. The number of aromatic nitrogens is 2. The summed E-state index contributed by atoms with van der Waals surface area (Å²) in [6.45, 7) is 5.07. The molecule has 1 amide bonds. The van der Waals surface area contributed by atoms with Crippen molar-refractivity contribution in [3.05, 3.63) is 52.3 Å². The van der Waals surface area contributed by atoms with Crippen molar-refractivity contribution in [2.75, 3.05) is 6.54 Å². The van der Waals surface area contributed by atoms with E-state index in [1.54, 1.807) is 4.90 Å². The molecule has 0 fully saturated rings. The fourth-order valence-corrected chi connectivity index (χ4v) is 2.78. The predicted molar refractivity (Wildman–Crippen MR) is 77.5 cm³/mol. The first-order chi connectivity index (χ1) is 10.5. The van der Waals surface area contributed by atoms with Gasteiger partial charge in [0.05, 0.1) is 5.69 Å². The molecular formula is C16H17F2N3O. The first-order valence-corrected chi connectivity index (χ1v) is 7.27. The van der Waals surface area contributed by atoms with Crippen LogP contribution in [0, 0.1) is 11.6 Å². The van der Waals surface area contributed by atoms with Crippen LogP contribution in [0.15, 0.2) is 18.2 Å². The van der Waals surface area contributed by atoms with Crippen molar-refractivity contribution in [3.8, 4) is 0 Å². The van der Waals surface area contributed by atoms with Crippen molar-refractivity contribution in [1.82, 2.24) is 15.1 Å². The molecule has 6 heteroatoms. The minimum atomic E-state index is -1.00. The molecule has 22 heavy (non-hydrogen) atoms. The van der Waals surface area contributed by atoms with Crippen molar-refractivity contribution < 1.29 is 13.6 Å². The van der Waals surface area contributed by atoms with Crippen LogP contribution >= 0.6 is 0 Å².